The Hall–Kier alpha value is -3.39. The maximum Gasteiger partial charge on any atom is 0.243 e. The first-order valence-electron chi connectivity index (χ1n) is 12.6. The molecule has 6 N–H and O–H groups in total. The van der Waals surface area contributed by atoms with Crippen LogP contribution in [0.5, 0.6) is 5.75 Å². The Kier molecular flexibility index (Phi) is 11.4. The second kappa shape index (κ2) is 14.2. The molecule has 0 unspecified atom stereocenters. The number of hydrogen-bond acceptors (Lipinski definition) is 5. The van der Waals surface area contributed by atoms with Gasteiger partial charge < -0.3 is 26.8 Å². The third-order valence-corrected chi connectivity index (χ3v) is 6.67. The van der Waals surface area contributed by atoms with E-state index >= 15 is 0 Å². The average molecular weight is 497 g/mol. The Morgan fingerprint density at radius 2 is 1.42 bits per heavy atom. The van der Waals surface area contributed by atoms with Crippen molar-refractivity contribution in [3.63, 3.8) is 0 Å². The van der Waals surface area contributed by atoms with Crippen molar-refractivity contribution in [3.8, 4) is 5.75 Å². The minimum absolute atomic E-state index is 0.0565. The number of nitrogens with two attached hydrogens (primary N) is 1. The maximum absolute atomic E-state index is 13.4. The van der Waals surface area contributed by atoms with Crippen LogP contribution in [0.15, 0.2) is 54.6 Å². The van der Waals surface area contributed by atoms with E-state index in [9.17, 15) is 19.5 Å². The molecular weight excluding hydrogens is 456 g/mol. The third kappa shape index (κ3) is 8.68. The molecule has 0 fully saturated rings. The van der Waals surface area contributed by atoms with Crippen LogP contribution in [-0.2, 0) is 27.3 Å². The summed E-state index contributed by atoms with van der Waals surface area (Å²) in [6, 6.07) is 13.5. The fraction of sp³-hybridized carbons (Fsp3) is 0.464. The van der Waals surface area contributed by atoms with E-state index in [1.165, 1.54) is 12.1 Å². The fourth-order valence-corrected chi connectivity index (χ4v) is 3.71. The fourth-order valence-electron chi connectivity index (χ4n) is 3.71. The van der Waals surface area contributed by atoms with Gasteiger partial charge in [-0.15, -0.1) is 0 Å². The Morgan fingerprint density at radius 1 is 0.806 bits per heavy atom. The highest BCUT2D eigenvalue weighted by atomic mass is 16.3. The monoisotopic (exact) mass is 496 g/mol. The smallest absolute Gasteiger partial charge is 0.243 e. The molecule has 0 saturated carbocycles. The van der Waals surface area contributed by atoms with Gasteiger partial charge in [-0.25, -0.2) is 0 Å². The summed E-state index contributed by atoms with van der Waals surface area (Å²) in [7, 11) is 0. The number of nitrogens with one attached hydrogen (secondary N) is 3. The van der Waals surface area contributed by atoms with Gasteiger partial charge in [0.25, 0.3) is 0 Å². The summed E-state index contributed by atoms with van der Waals surface area (Å²) >= 11 is 0. The lowest BCUT2D eigenvalue weighted by molar-refractivity contribution is -0.133. The van der Waals surface area contributed by atoms with E-state index in [4.69, 9.17) is 5.73 Å². The van der Waals surface area contributed by atoms with Crippen molar-refractivity contribution in [1.29, 1.82) is 0 Å². The standard InChI is InChI=1S/C28H40N4O4/c1-5-18(3)24(29)27(35)31-23(16-20-12-14-22(33)15-13-20)26(34)32-25(19(4)6-2)28(36)30-17-21-10-8-7-9-11-21/h7-15,18-19,23-25,33H,5-6,16-17,29H2,1-4H3,(H,30,36)(H,31,35)(H,32,34)/t18-,19-,23-,24-,25-/m0/s1. The van der Waals surface area contributed by atoms with Crippen LogP contribution in [0.2, 0.25) is 0 Å². The van der Waals surface area contributed by atoms with Crippen LogP contribution in [0.4, 0.5) is 0 Å². The summed E-state index contributed by atoms with van der Waals surface area (Å²) in [5.41, 5.74) is 7.81. The number of benzene rings is 2. The molecule has 0 aliphatic carbocycles. The molecule has 2 rings (SSSR count). The van der Waals surface area contributed by atoms with Crippen molar-refractivity contribution in [2.45, 2.75) is 71.6 Å². The minimum Gasteiger partial charge on any atom is -0.508 e. The lowest BCUT2D eigenvalue weighted by Crippen LogP contribution is -2.58. The molecule has 0 bridgehead atoms. The van der Waals surface area contributed by atoms with Gasteiger partial charge in [0.15, 0.2) is 0 Å². The number of amides is 3. The largest absolute Gasteiger partial charge is 0.508 e. The van der Waals surface area contributed by atoms with Gasteiger partial charge in [0.1, 0.15) is 17.8 Å². The highest BCUT2D eigenvalue weighted by molar-refractivity contribution is 5.93. The van der Waals surface area contributed by atoms with Crippen molar-refractivity contribution in [2.75, 3.05) is 0 Å². The zero-order valence-corrected chi connectivity index (χ0v) is 21.7. The van der Waals surface area contributed by atoms with Gasteiger partial charge in [-0.3, -0.25) is 14.4 Å². The van der Waals surface area contributed by atoms with E-state index in [0.29, 0.717) is 13.0 Å². The van der Waals surface area contributed by atoms with Crippen molar-refractivity contribution < 1.29 is 19.5 Å². The first kappa shape index (κ1) is 28.8. The minimum atomic E-state index is -0.939. The highest BCUT2D eigenvalue weighted by Crippen LogP contribution is 2.14. The van der Waals surface area contributed by atoms with Crippen molar-refractivity contribution >= 4 is 17.7 Å². The predicted molar refractivity (Wildman–Crippen MR) is 141 cm³/mol. The SMILES string of the molecule is CC[C@H](C)[C@H](N)C(=O)N[C@@H](Cc1ccc(O)cc1)C(=O)N[C@H](C(=O)NCc1ccccc1)[C@@H](C)CC. The van der Waals surface area contributed by atoms with Crippen molar-refractivity contribution in [3.05, 3.63) is 65.7 Å². The predicted octanol–water partition coefficient (Wildman–Crippen LogP) is 2.64. The van der Waals surface area contributed by atoms with Crippen LogP contribution in [0.25, 0.3) is 0 Å². The first-order chi connectivity index (χ1) is 17.2. The van der Waals surface area contributed by atoms with E-state index in [-0.39, 0.29) is 29.9 Å². The molecule has 8 heteroatoms. The van der Waals surface area contributed by atoms with Gasteiger partial charge in [0, 0.05) is 13.0 Å². The van der Waals surface area contributed by atoms with Gasteiger partial charge in [0.2, 0.25) is 17.7 Å². The topological polar surface area (TPSA) is 134 Å². The van der Waals surface area contributed by atoms with Crippen LogP contribution in [0, 0.1) is 11.8 Å². The quantitative estimate of drug-likeness (QED) is 0.291. The maximum atomic E-state index is 13.4. The molecule has 2 aromatic rings. The summed E-state index contributed by atoms with van der Waals surface area (Å²) in [5, 5.41) is 18.2. The zero-order valence-electron chi connectivity index (χ0n) is 21.7. The molecular formula is C28H40N4O4. The van der Waals surface area contributed by atoms with Crippen molar-refractivity contribution in [1.82, 2.24) is 16.0 Å². The molecule has 0 aliphatic heterocycles. The van der Waals surface area contributed by atoms with Gasteiger partial charge in [-0.1, -0.05) is 83.0 Å². The van der Waals surface area contributed by atoms with E-state index in [2.05, 4.69) is 16.0 Å². The number of phenols is 1. The zero-order chi connectivity index (χ0) is 26.7. The molecule has 5 atom stereocenters. The van der Waals surface area contributed by atoms with Gasteiger partial charge in [-0.05, 0) is 35.1 Å². The number of hydrogen-bond donors (Lipinski definition) is 5. The third-order valence-electron chi connectivity index (χ3n) is 6.67. The Morgan fingerprint density at radius 3 is 2.00 bits per heavy atom. The van der Waals surface area contributed by atoms with Crippen LogP contribution < -0.4 is 21.7 Å². The summed E-state index contributed by atoms with van der Waals surface area (Å²) in [6.07, 6.45) is 1.59. The molecule has 0 saturated heterocycles. The second-order valence-corrected chi connectivity index (χ2v) is 9.42. The summed E-state index contributed by atoms with van der Waals surface area (Å²) in [5.74, 6) is -1.25. The number of carbonyl (C=O) groups is 3. The number of carbonyl (C=O) groups excluding carboxylic acids is 3. The normalized spacial score (nSPS) is 15.1. The lowest BCUT2D eigenvalue weighted by Gasteiger charge is -2.28. The molecule has 0 aliphatic rings. The van der Waals surface area contributed by atoms with Crippen LogP contribution in [0.1, 0.15) is 51.7 Å². The van der Waals surface area contributed by atoms with Gasteiger partial charge in [0.05, 0.1) is 6.04 Å². The molecule has 3 amide bonds. The molecule has 8 nitrogen and oxygen atoms in total. The number of rotatable bonds is 13. The average Bonchev–Trinajstić information content (AvgIpc) is 2.90. The number of aromatic hydroxyl groups is 1. The molecule has 0 radical (unpaired) electrons. The molecule has 0 heterocycles. The molecule has 0 spiro atoms. The highest BCUT2D eigenvalue weighted by Gasteiger charge is 2.31. The van der Waals surface area contributed by atoms with Crippen LogP contribution in [0.3, 0.4) is 0 Å². The molecule has 0 aromatic heterocycles. The lowest BCUT2D eigenvalue weighted by atomic mass is 9.96. The van der Waals surface area contributed by atoms with E-state index in [1.54, 1.807) is 12.1 Å². The molecule has 2 aromatic carbocycles. The van der Waals surface area contributed by atoms with Gasteiger partial charge >= 0.3 is 0 Å². The summed E-state index contributed by atoms with van der Waals surface area (Å²) in [4.78, 5) is 39.3. The van der Waals surface area contributed by atoms with E-state index in [1.807, 2.05) is 58.0 Å². The van der Waals surface area contributed by atoms with E-state index < -0.39 is 29.9 Å². The van der Waals surface area contributed by atoms with Crippen LogP contribution >= 0.6 is 0 Å². The Balaban J connectivity index is 2.19. The van der Waals surface area contributed by atoms with Crippen LogP contribution in [-0.4, -0.2) is 41.0 Å². The first-order valence-corrected chi connectivity index (χ1v) is 12.6. The Labute approximate surface area is 214 Å². The summed E-state index contributed by atoms with van der Waals surface area (Å²) in [6.45, 7) is 8.03. The van der Waals surface area contributed by atoms with E-state index in [0.717, 1.165) is 17.5 Å². The Bertz CT molecular complexity index is 981. The molecule has 36 heavy (non-hydrogen) atoms. The van der Waals surface area contributed by atoms with Crippen molar-refractivity contribution in [2.24, 2.45) is 17.6 Å². The number of phenolic OH excluding ortho intramolecular Hbond substituents is 1. The molecule has 196 valence electrons. The summed E-state index contributed by atoms with van der Waals surface area (Å²) < 4.78 is 0. The van der Waals surface area contributed by atoms with Gasteiger partial charge in [-0.2, -0.15) is 0 Å². The second-order valence-electron chi connectivity index (χ2n) is 9.42.